The van der Waals surface area contributed by atoms with Gasteiger partial charge in [-0.15, -0.1) is 0 Å². The zero-order chi connectivity index (χ0) is 24.9. The fourth-order valence-corrected chi connectivity index (χ4v) is 7.62. The van der Waals surface area contributed by atoms with Gasteiger partial charge in [0.15, 0.2) is 11.2 Å². The third-order valence-corrected chi connectivity index (χ3v) is 9.23. The summed E-state index contributed by atoms with van der Waals surface area (Å²) in [6.07, 6.45) is 0. The zero-order valence-electron chi connectivity index (χ0n) is 19.5. The maximum absolute atomic E-state index is 9.68. The van der Waals surface area contributed by atoms with Gasteiger partial charge in [0.2, 0.25) is 0 Å². The molecule has 2 aromatic heterocycles. The first kappa shape index (κ1) is 21.4. The lowest BCUT2D eigenvalue weighted by Gasteiger charge is -2.19. The van der Waals surface area contributed by atoms with E-state index in [0.29, 0.717) is 22.3 Å². The lowest BCUT2D eigenvalue weighted by atomic mass is 10.1. The summed E-state index contributed by atoms with van der Waals surface area (Å²) in [4.78, 5) is 0. The largest absolute Gasteiger partial charge is 0.454 e. The number of benzene rings is 5. The molecular formula is C32H17N2O2P. The predicted octanol–water partition coefficient (Wildman–Crippen LogP) is 6.99. The summed E-state index contributed by atoms with van der Waals surface area (Å²) in [5.41, 5.74) is 3.81. The second-order valence-corrected chi connectivity index (χ2v) is 10.9. The Labute approximate surface area is 213 Å². The Balaban J connectivity index is 1.59. The van der Waals surface area contributed by atoms with Gasteiger partial charge < -0.3 is 8.83 Å². The Hall–Kier alpha value is -4.89. The fourth-order valence-electron chi connectivity index (χ4n) is 5.12. The quantitative estimate of drug-likeness (QED) is 0.249. The molecule has 0 saturated heterocycles. The van der Waals surface area contributed by atoms with E-state index in [0.717, 1.165) is 48.6 Å². The Kier molecular flexibility index (Phi) is 4.83. The Bertz CT molecular complexity index is 1940. The third-order valence-electron chi connectivity index (χ3n) is 6.74. The van der Waals surface area contributed by atoms with E-state index >= 15 is 0 Å². The minimum Gasteiger partial charge on any atom is -0.454 e. The van der Waals surface area contributed by atoms with E-state index in [9.17, 15) is 10.5 Å². The lowest BCUT2D eigenvalue weighted by molar-refractivity contribution is 0.670. The van der Waals surface area contributed by atoms with E-state index in [2.05, 4.69) is 48.5 Å². The van der Waals surface area contributed by atoms with Gasteiger partial charge in [0, 0.05) is 32.2 Å². The van der Waals surface area contributed by atoms with Crippen LogP contribution in [0.4, 0.5) is 0 Å². The fraction of sp³-hybridized carbons (Fsp3) is 0. The second-order valence-electron chi connectivity index (χ2n) is 8.77. The average molecular weight is 492 g/mol. The highest BCUT2D eigenvalue weighted by atomic mass is 31.1. The van der Waals surface area contributed by atoms with E-state index in [4.69, 9.17) is 8.83 Å². The topological polar surface area (TPSA) is 73.9 Å². The van der Waals surface area contributed by atoms with Gasteiger partial charge in [0.05, 0.1) is 11.1 Å². The van der Waals surface area contributed by atoms with Gasteiger partial charge in [-0.25, -0.2) is 0 Å². The maximum Gasteiger partial charge on any atom is 0.153 e. The molecule has 0 aliphatic rings. The van der Waals surface area contributed by atoms with Crippen LogP contribution < -0.4 is 15.9 Å². The standard InChI is InChI=1S/C32H17N2O2P/c33-18-20-8-4-12-23-25-14-6-16-27(31(25)35-29(20)23)37(22-10-2-1-3-11-22)28-17-7-15-26-24-13-5-9-21(19-34)30(24)36-32(26)28/h1-17H. The summed E-state index contributed by atoms with van der Waals surface area (Å²) in [5, 5.41) is 26.4. The van der Waals surface area contributed by atoms with Crippen molar-refractivity contribution in [3.63, 3.8) is 0 Å². The summed E-state index contributed by atoms with van der Waals surface area (Å²) in [6.45, 7) is 0. The summed E-state index contributed by atoms with van der Waals surface area (Å²) in [6, 6.07) is 38.7. The number of hydrogen-bond acceptors (Lipinski definition) is 4. The molecule has 4 nitrogen and oxygen atoms in total. The van der Waals surface area contributed by atoms with Crippen molar-refractivity contribution in [2.24, 2.45) is 0 Å². The van der Waals surface area contributed by atoms with Crippen LogP contribution in [-0.4, -0.2) is 0 Å². The highest BCUT2D eigenvalue weighted by molar-refractivity contribution is 7.80. The van der Waals surface area contributed by atoms with Crippen molar-refractivity contribution < 1.29 is 8.83 Å². The molecule has 37 heavy (non-hydrogen) atoms. The first-order valence-electron chi connectivity index (χ1n) is 11.8. The van der Waals surface area contributed by atoms with Gasteiger partial charge in [-0.1, -0.05) is 91.0 Å². The van der Waals surface area contributed by atoms with Crippen LogP contribution in [0.25, 0.3) is 43.9 Å². The molecule has 0 radical (unpaired) electrons. The molecule has 7 rings (SSSR count). The Morgan fingerprint density at radius 3 is 1.35 bits per heavy atom. The van der Waals surface area contributed by atoms with E-state index in [1.54, 1.807) is 12.1 Å². The van der Waals surface area contributed by atoms with Gasteiger partial charge in [-0.2, -0.15) is 10.5 Å². The second kappa shape index (κ2) is 8.35. The number of hydrogen-bond donors (Lipinski definition) is 0. The van der Waals surface area contributed by atoms with Crippen molar-refractivity contribution in [2.75, 3.05) is 0 Å². The van der Waals surface area contributed by atoms with E-state index < -0.39 is 7.92 Å². The van der Waals surface area contributed by atoms with Crippen molar-refractivity contribution in [3.8, 4) is 12.1 Å². The summed E-state index contributed by atoms with van der Waals surface area (Å²) < 4.78 is 12.9. The van der Waals surface area contributed by atoms with Crippen LogP contribution in [-0.2, 0) is 0 Å². The number of nitrogens with zero attached hydrogens (tertiary/aromatic N) is 2. The Morgan fingerprint density at radius 2 is 0.892 bits per heavy atom. The molecule has 0 unspecified atom stereocenters. The molecule has 7 aromatic rings. The van der Waals surface area contributed by atoms with Crippen LogP contribution in [0.15, 0.2) is 112 Å². The molecule has 0 spiro atoms. The number of fused-ring (bicyclic) bond motifs is 6. The van der Waals surface area contributed by atoms with Crippen LogP contribution in [0, 0.1) is 22.7 Å². The molecular weight excluding hydrogens is 475 g/mol. The zero-order valence-corrected chi connectivity index (χ0v) is 20.4. The first-order valence-corrected chi connectivity index (χ1v) is 13.2. The Morgan fingerprint density at radius 1 is 0.459 bits per heavy atom. The van der Waals surface area contributed by atoms with Crippen LogP contribution in [0.2, 0.25) is 0 Å². The summed E-state index contributed by atoms with van der Waals surface area (Å²) in [5.74, 6) is 0. The molecule has 0 fully saturated rings. The maximum atomic E-state index is 9.68. The van der Waals surface area contributed by atoms with Crippen molar-refractivity contribution in [2.45, 2.75) is 0 Å². The molecule has 0 atom stereocenters. The van der Waals surface area contributed by atoms with Crippen molar-refractivity contribution in [3.05, 3.63) is 114 Å². The summed E-state index contributed by atoms with van der Waals surface area (Å²) >= 11 is 0. The average Bonchev–Trinajstić information content (AvgIpc) is 3.53. The van der Waals surface area contributed by atoms with Gasteiger partial charge in [-0.05, 0) is 25.4 Å². The first-order chi connectivity index (χ1) is 18.3. The normalized spacial score (nSPS) is 11.4. The van der Waals surface area contributed by atoms with Crippen molar-refractivity contribution in [1.82, 2.24) is 0 Å². The third kappa shape index (κ3) is 3.18. The van der Waals surface area contributed by atoms with Crippen LogP contribution in [0.3, 0.4) is 0 Å². The van der Waals surface area contributed by atoms with Gasteiger partial charge in [0.1, 0.15) is 23.3 Å². The highest BCUT2D eigenvalue weighted by Crippen LogP contribution is 2.42. The van der Waals surface area contributed by atoms with Crippen LogP contribution in [0.5, 0.6) is 0 Å². The highest BCUT2D eigenvalue weighted by Gasteiger charge is 2.26. The lowest BCUT2D eigenvalue weighted by Crippen LogP contribution is -2.21. The molecule has 0 bridgehead atoms. The van der Waals surface area contributed by atoms with Crippen molar-refractivity contribution in [1.29, 1.82) is 10.5 Å². The molecule has 5 heteroatoms. The summed E-state index contributed by atoms with van der Waals surface area (Å²) in [7, 11) is -1.10. The minimum absolute atomic E-state index is 0.520. The minimum atomic E-state index is -1.10. The molecule has 5 aromatic carbocycles. The molecule has 0 aliphatic carbocycles. The van der Waals surface area contributed by atoms with E-state index in [1.807, 2.05) is 54.6 Å². The monoisotopic (exact) mass is 492 g/mol. The van der Waals surface area contributed by atoms with E-state index in [-0.39, 0.29) is 0 Å². The van der Waals surface area contributed by atoms with Crippen LogP contribution >= 0.6 is 7.92 Å². The molecule has 0 amide bonds. The van der Waals surface area contributed by atoms with Gasteiger partial charge in [-0.3, -0.25) is 0 Å². The molecule has 172 valence electrons. The molecule has 0 aliphatic heterocycles. The van der Waals surface area contributed by atoms with E-state index in [1.165, 1.54) is 0 Å². The molecule has 0 saturated carbocycles. The van der Waals surface area contributed by atoms with Gasteiger partial charge in [0.25, 0.3) is 0 Å². The molecule has 2 heterocycles. The SMILES string of the molecule is N#Cc1cccc2c1oc1c(P(c3ccccc3)c3cccc4c3oc3c(C#N)cccc34)cccc12. The predicted molar refractivity (Wildman–Crippen MR) is 149 cm³/mol. The number of para-hydroxylation sites is 4. The smallest absolute Gasteiger partial charge is 0.153 e. The number of nitriles is 2. The van der Waals surface area contributed by atoms with Gasteiger partial charge >= 0.3 is 0 Å². The number of rotatable bonds is 3. The van der Waals surface area contributed by atoms with Crippen molar-refractivity contribution >= 4 is 67.7 Å². The molecule has 0 N–H and O–H groups in total. The number of furan rings is 2. The van der Waals surface area contributed by atoms with Crippen LogP contribution in [0.1, 0.15) is 11.1 Å².